The van der Waals surface area contributed by atoms with Gasteiger partial charge in [-0.05, 0) is 30.4 Å². The molecular formula is C19H27N3O2. The molecule has 3 rings (SSSR count). The summed E-state index contributed by atoms with van der Waals surface area (Å²) in [6, 6.07) is 8.53. The second-order valence-electron chi connectivity index (χ2n) is 7.14. The molecule has 0 aromatic heterocycles. The number of likely N-dealkylation sites (tertiary alicyclic amines) is 1. The van der Waals surface area contributed by atoms with Crippen molar-refractivity contribution in [1.29, 1.82) is 0 Å². The first kappa shape index (κ1) is 16.8. The van der Waals surface area contributed by atoms with E-state index < -0.39 is 0 Å². The van der Waals surface area contributed by atoms with Crippen molar-refractivity contribution < 1.29 is 9.59 Å². The van der Waals surface area contributed by atoms with Crippen molar-refractivity contribution in [3.63, 3.8) is 0 Å². The van der Waals surface area contributed by atoms with Crippen molar-refractivity contribution in [1.82, 2.24) is 15.1 Å². The molecule has 0 unspecified atom stereocenters. The molecule has 1 N–H and O–H groups in total. The molecule has 0 bridgehead atoms. The normalized spacial score (nSPS) is 18.5. The summed E-state index contributed by atoms with van der Waals surface area (Å²) >= 11 is 0. The van der Waals surface area contributed by atoms with Crippen molar-refractivity contribution in [2.45, 2.75) is 45.7 Å². The minimum atomic E-state index is 0.0261. The zero-order chi connectivity index (χ0) is 17.1. The zero-order valence-electron chi connectivity index (χ0n) is 14.6. The van der Waals surface area contributed by atoms with Gasteiger partial charge in [0.05, 0.1) is 0 Å². The first-order valence-electron chi connectivity index (χ1n) is 8.95. The van der Waals surface area contributed by atoms with Crippen molar-refractivity contribution >= 4 is 11.9 Å². The van der Waals surface area contributed by atoms with Crippen LogP contribution in [0.15, 0.2) is 24.3 Å². The number of benzene rings is 1. The Balaban J connectivity index is 1.49. The van der Waals surface area contributed by atoms with Gasteiger partial charge in [-0.25, -0.2) is 4.79 Å². The third kappa shape index (κ3) is 3.71. The minimum absolute atomic E-state index is 0.0261. The number of urea groups is 1. The summed E-state index contributed by atoms with van der Waals surface area (Å²) in [6.45, 7) is 6.81. The lowest BCUT2D eigenvalue weighted by Crippen LogP contribution is -2.51. The van der Waals surface area contributed by atoms with Gasteiger partial charge in [-0.2, -0.15) is 0 Å². The molecule has 24 heavy (non-hydrogen) atoms. The van der Waals surface area contributed by atoms with E-state index in [-0.39, 0.29) is 23.9 Å². The topological polar surface area (TPSA) is 52.7 Å². The molecule has 1 aromatic rings. The minimum Gasteiger partial charge on any atom is -0.342 e. The molecule has 1 saturated heterocycles. The van der Waals surface area contributed by atoms with Crippen LogP contribution in [0.5, 0.6) is 0 Å². The summed E-state index contributed by atoms with van der Waals surface area (Å²) in [5.41, 5.74) is 2.60. The molecule has 0 atom stereocenters. The number of carbonyl (C=O) groups is 2. The average molecular weight is 329 g/mol. The Morgan fingerprint density at radius 3 is 2.38 bits per heavy atom. The lowest BCUT2D eigenvalue weighted by atomic mass is 10.00. The summed E-state index contributed by atoms with van der Waals surface area (Å²) in [7, 11) is 0. The lowest BCUT2D eigenvalue weighted by Gasteiger charge is -2.35. The second kappa shape index (κ2) is 7.24. The number of nitrogens with one attached hydrogen (secondary N) is 1. The van der Waals surface area contributed by atoms with Gasteiger partial charge in [0.15, 0.2) is 0 Å². The van der Waals surface area contributed by atoms with Crippen LogP contribution < -0.4 is 5.32 Å². The maximum absolute atomic E-state index is 12.5. The molecule has 0 radical (unpaired) electrons. The Kier molecular flexibility index (Phi) is 5.07. The van der Waals surface area contributed by atoms with Crippen molar-refractivity contribution in [3.05, 3.63) is 35.4 Å². The molecule has 1 fully saturated rings. The molecule has 2 heterocycles. The first-order valence-corrected chi connectivity index (χ1v) is 8.95. The van der Waals surface area contributed by atoms with Gasteiger partial charge in [0.2, 0.25) is 5.91 Å². The van der Waals surface area contributed by atoms with Crippen LogP contribution in [0.2, 0.25) is 0 Å². The van der Waals surface area contributed by atoms with Crippen LogP contribution in [0, 0.1) is 5.92 Å². The fraction of sp³-hybridized carbons (Fsp3) is 0.579. The van der Waals surface area contributed by atoms with E-state index in [9.17, 15) is 9.59 Å². The van der Waals surface area contributed by atoms with E-state index in [0.29, 0.717) is 6.54 Å². The van der Waals surface area contributed by atoms with Gasteiger partial charge in [-0.1, -0.05) is 38.1 Å². The highest BCUT2D eigenvalue weighted by molar-refractivity contribution is 5.78. The summed E-state index contributed by atoms with van der Waals surface area (Å²) in [5.74, 6) is 0.261. The molecule has 0 saturated carbocycles. The number of nitrogens with zero attached hydrogens (tertiary/aromatic N) is 2. The Hall–Kier alpha value is -2.04. The van der Waals surface area contributed by atoms with Crippen LogP contribution in [0.3, 0.4) is 0 Å². The number of piperidine rings is 1. The van der Waals surface area contributed by atoms with Crippen molar-refractivity contribution in [3.8, 4) is 0 Å². The molecular weight excluding hydrogens is 302 g/mol. The number of hydrogen-bond acceptors (Lipinski definition) is 2. The number of rotatable bonds is 2. The zero-order valence-corrected chi connectivity index (χ0v) is 14.6. The van der Waals surface area contributed by atoms with Crippen LogP contribution in [0.1, 0.15) is 37.8 Å². The van der Waals surface area contributed by atoms with Gasteiger partial charge >= 0.3 is 6.03 Å². The van der Waals surface area contributed by atoms with E-state index in [1.807, 2.05) is 29.7 Å². The van der Waals surface area contributed by atoms with Crippen molar-refractivity contribution in [2.75, 3.05) is 19.6 Å². The summed E-state index contributed by atoms with van der Waals surface area (Å²) in [5, 5.41) is 3.16. The predicted octanol–water partition coefficient (Wildman–Crippen LogP) is 2.40. The van der Waals surface area contributed by atoms with Gasteiger partial charge in [-0.15, -0.1) is 0 Å². The fourth-order valence-electron chi connectivity index (χ4n) is 3.54. The van der Waals surface area contributed by atoms with Gasteiger partial charge in [0.1, 0.15) is 0 Å². The number of amides is 3. The largest absolute Gasteiger partial charge is 0.342 e. The molecule has 0 spiro atoms. The summed E-state index contributed by atoms with van der Waals surface area (Å²) in [4.78, 5) is 28.4. The average Bonchev–Trinajstić information content (AvgIpc) is 2.61. The highest BCUT2D eigenvalue weighted by Crippen LogP contribution is 2.19. The monoisotopic (exact) mass is 329 g/mol. The van der Waals surface area contributed by atoms with Crippen molar-refractivity contribution in [2.24, 2.45) is 5.92 Å². The Bertz CT molecular complexity index is 606. The third-order valence-electron chi connectivity index (χ3n) is 5.05. The van der Waals surface area contributed by atoms with Gasteiger partial charge < -0.3 is 15.1 Å². The quantitative estimate of drug-likeness (QED) is 0.906. The van der Waals surface area contributed by atoms with E-state index >= 15 is 0 Å². The van der Waals surface area contributed by atoms with E-state index in [0.717, 1.165) is 38.9 Å². The third-order valence-corrected chi connectivity index (χ3v) is 5.05. The van der Waals surface area contributed by atoms with Crippen LogP contribution in [-0.2, 0) is 17.8 Å². The lowest BCUT2D eigenvalue weighted by molar-refractivity contribution is -0.135. The second-order valence-corrected chi connectivity index (χ2v) is 7.14. The highest BCUT2D eigenvalue weighted by atomic mass is 16.2. The maximum Gasteiger partial charge on any atom is 0.317 e. The van der Waals surface area contributed by atoms with Crippen LogP contribution in [-0.4, -0.2) is 47.4 Å². The molecule has 2 aliphatic heterocycles. The Morgan fingerprint density at radius 1 is 1.04 bits per heavy atom. The molecule has 5 heteroatoms. The molecule has 0 aliphatic carbocycles. The van der Waals surface area contributed by atoms with Crippen LogP contribution in [0.4, 0.5) is 4.79 Å². The van der Waals surface area contributed by atoms with E-state index in [4.69, 9.17) is 0 Å². The smallest absolute Gasteiger partial charge is 0.317 e. The number of fused-ring (bicyclic) bond motifs is 1. The standard InChI is InChI=1S/C19H27N3O2/c1-14(2)18(23)21-11-8-17(9-12-21)20-19(24)22-10-7-15-5-3-4-6-16(15)13-22/h3-6,14,17H,7-13H2,1-2H3,(H,20,24). The predicted molar refractivity (Wildman–Crippen MR) is 93.5 cm³/mol. The Morgan fingerprint density at radius 2 is 1.71 bits per heavy atom. The van der Waals surface area contributed by atoms with Gasteiger partial charge in [0, 0.05) is 38.1 Å². The van der Waals surface area contributed by atoms with E-state index in [2.05, 4.69) is 23.5 Å². The molecule has 5 nitrogen and oxygen atoms in total. The van der Waals surface area contributed by atoms with Crippen LogP contribution >= 0.6 is 0 Å². The highest BCUT2D eigenvalue weighted by Gasteiger charge is 2.27. The van der Waals surface area contributed by atoms with E-state index in [1.54, 1.807) is 0 Å². The molecule has 130 valence electrons. The number of carbonyl (C=O) groups excluding carboxylic acids is 2. The van der Waals surface area contributed by atoms with E-state index in [1.165, 1.54) is 11.1 Å². The summed E-state index contributed by atoms with van der Waals surface area (Å²) in [6.07, 6.45) is 2.61. The molecule has 2 aliphatic rings. The molecule has 1 aromatic carbocycles. The SMILES string of the molecule is CC(C)C(=O)N1CCC(NC(=O)N2CCc3ccccc3C2)CC1. The first-order chi connectivity index (χ1) is 11.5. The Labute approximate surface area is 144 Å². The molecule has 3 amide bonds. The van der Waals surface area contributed by atoms with Crippen LogP contribution in [0.25, 0.3) is 0 Å². The van der Waals surface area contributed by atoms with Gasteiger partial charge in [0.25, 0.3) is 0 Å². The number of hydrogen-bond donors (Lipinski definition) is 1. The van der Waals surface area contributed by atoms with Gasteiger partial charge in [-0.3, -0.25) is 4.79 Å². The maximum atomic E-state index is 12.5. The fourth-order valence-corrected chi connectivity index (χ4v) is 3.54. The summed E-state index contributed by atoms with van der Waals surface area (Å²) < 4.78 is 0.